The van der Waals surface area contributed by atoms with Crippen molar-refractivity contribution in [3.05, 3.63) is 30.1 Å². The molecule has 3 aliphatic rings. The SMILES string of the molecule is O=C(O)C(F)(F)F.O=C(O)C(F)(F)F.O=S(=O)(C1CC1)N1CCO[C@@H]2CCN(Cc3ccncc3)CC[C@H]21. The number of hydrogen-bond donors (Lipinski definition) is 2. The van der Waals surface area contributed by atoms with Gasteiger partial charge >= 0.3 is 24.3 Å². The molecule has 0 spiro atoms. The van der Waals surface area contributed by atoms with Crippen molar-refractivity contribution in [3.63, 3.8) is 0 Å². The molecule has 216 valence electrons. The van der Waals surface area contributed by atoms with Crippen LogP contribution in [0.1, 0.15) is 31.2 Å². The molecule has 0 radical (unpaired) electrons. The number of likely N-dealkylation sites (tertiary alicyclic amines) is 1. The number of alkyl halides is 6. The minimum atomic E-state index is -5.08. The second-order valence-corrected chi connectivity index (χ2v) is 10.8. The van der Waals surface area contributed by atoms with Crippen LogP contribution < -0.4 is 0 Å². The molecule has 38 heavy (non-hydrogen) atoms. The molecule has 2 saturated heterocycles. The summed E-state index contributed by atoms with van der Waals surface area (Å²) >= 11 is 0. The van der Waals surface area contributed by atoms with Crippen molar-refractivity contribution in [3.8, 4) is 0 Å². The Morgan fingerprint density at radius 2 is 1.42 bits per heavy atom. The quantitative estimate of drug-likeness (QED) is 0.516. The highest BCUT2D eigenvalue weighted by atomic mass is 32.2. The number of carboxylic acids is 2. The van der Waals surface area contributed by atoms with Crippen molar-refractivity contribution in [2.24, 2.45) is 0 Å². The van der Waals surface area contributed by atoms with Gasteiger partial charge in [0.1, 0.15) is 0 Å². The van der Waals surface area contributed by atoms with Crippen LogP contribution in [-0.4, -0.2) is 101 Å². The van der Waals surface area contributed by atoms with Crippen LogP contribution in [0.25, 0.3) is 0 Å². The van der Waals surface area contributed by atoms with Gasteiger partial charge in [-0.15, -0.1) is 0 Å². The molecule has 0 aromatic carbocycles. The van der Waals surface area contributed by atoms with Crippen LogP contribution in [0, 0.1) is 0 Å². The molecule has 10 nitrogen and oxygen atoms in total. The molecule has 2 N–H and O–H groups in total. The van der Waals surface area contributed by atoms with E-state index < -0.39 is 34.3 Å². The summed E-state index contributed by atoms with van der Waals surface area (Å²) in [6, 6.07) is 4.09. The Labute approximate surface area is 214 Å². The molecule has 3 heterocycles. The molecule has 1 saturated carbocycles. The number of morpholine rings is 1. The van der Waals surface area contributed by atoms with E-state index in [1.165, 1.54) is 5.56 Å². The van der Waals surface area contributed by atoms with Crippen molar-refractivity contribution in [1.82, 2.24) is 14.2 Å². The highest BCUT2D eigenvalue weighted by Crippen LogP contribution is 2.35. The molecule has 1 aromatic heterocycles. The number of halogens is 6. The van der Waals surface area contributed by atoms with Crippen LogP contribution in [0.4, 0.5) is 26.3 Å². The lowest BCUT2D eigenvalue weighted by Crippen LogP contribution is -2.54. The van der Waals surface area contributed by atoms with E-state index in [4.69, 9.17) is 24.5 Å². The third kappa shape index (κ3) is 9.67. The van der Waals surface area contributed by atoms with E-state index in [2.05, 4.69) is 9.88 Å². The Hall–Kier alpha value is -2.50. The van der Waals surface area contributed by atoms with Gasteiger partial charge in [0.2, 0.25) is 10.0 Å². The Balaban J connectivity index is 0.000000301. The third-order valence-corrected chi connectivity index (χ3v) is 8.25. The highest BCUT2D eigenvalue weighted by molar-refractivity contribution is 7.90. The first-order chi connectivity index (χ1) is 17.5. The van der Waals surface area contributed by atoms with Gasteiger partial charge in [-0.3, -0.25) is 9.88 Å². The summed E-state index contributed by atoms with van der Waals surface area (Å²) in [7, 11) is -3.13. The van der Waals surface area contributed by atoms with Crippen LogP contribution in [-0.2, 0) is 30.9 Å². The minimum Gasteiger partial charge on any atom is -0.475 e. The molecule has 0 bridgehead atoms. The van der Waals surface area contributed by atoms with Crippen LogP contribution in [0.2, 0.25) is 0 Å². The summed E-state index contributed by atoms with van der Waals surface area (Å²) in [5, 5.41) is 14.1. The van der Waals surface area contributed by atoms with E-state index in [0.29, 0.717) is 13.2 Å². The summed E-state index contributed by atoms with van der Waals surface area (Å²) in [5.74, 6) is -5.51. The first-order valence-electron chi connectivity index (χ1n) is 11.4. The van der Waals surface area contributed by atoms with E-state index in [1.54, 1.807) is 4.31 Å². The molecular weight excluding hydrogens is 552 g/mol. The Morgan fingerprint density at radius 3 is 1.89 bits per heavy atom. The average Bonchev–Trinajstić information content (AvgIpc) is 3.68. The Kier molecular flexibility index (Phi) is 10.9. The third-order valence-electron chi connectivity index (χ3n) is 5.83. The zero-order valence-electron chi connectivity index (χ0n) is 19.9. The molecule has 2 aliphatic heterocycles. The van der Waals surface area contributed by atoms with Gasteiger partial charge in [-0.1, -0.05) is 0 Å². The summed E-state index contributed by atoms with van der Waals surface area (Å²) in [5.41, 5.74) is 1.25. The number of fused-ring (bicyclic) bond motifs is 1. The Morgan fingerprint density at radius 1 is 0.921 bits per heavy atom. The van der Waals surface area contributed by atoms with E-state index in [9.17, 15) is 34.8 Å². The van der Waals surface area contributed by atoms with E-state index in [1.807, 2.05) is 24.5 Å². The van der Waals surface area contributed by atoms with Crippen molar-refractivity contribution in [1.29, 1.82) is 0 Å². The molecule has 2 atom stereocenters. The number of aromatic nitrogens is 1. The van der Waals surface area contributed by atoms with Gasteiger partial charge < -0.3 is 14.9 Å². The number of carbonyl (C=O) groups is 2. The number of rotatable bonds is 4. The maximum Gasteiger partial charge on any atom is 0.490 e. The zero-order chi connectivity index (χ0) is 28.7. The summed E-state index contributed by atoms with van der Waals surface area (Å²) < 4.78 is 96.7. The second-order valence-electron chi connectivity index (χ2n) is 8.65. The fourth-order valence-electron chi connectivity index (χ4n) is 3.88. The average molecular weight is 580 g/mol. The van der Waals surface area contributed by atoms with Gasteiger partial charge in [-0.25, -0.2) is 18.0 Å². The topological polar surface area (TPSA) is 137 Å². The number of nitrogens with zero attached hydrogens (tertiary/aromatic N) is 3. The van der Waals surface area contributed by atoms with Crippen LogP contribution in [0.15, 0.2) is 24.5 Å². The molecule has 0 unspecified atom stereocenters. The number of carboxylic acid groups (broad SMARTS) is 2. The largest absolute Gasteiger partial charge is 0.490 e. The van der Waals surface area contributed by atoms with Crippen molar-refractivity contribution < 1.29 is 59.3 Å². The molecule has 3 fully saturated rings. The van der Waals surface area contributed by atoms with E-state index in [0.717, 1.165) is 45.3 Å². The fourth-order valence-corrected chi connectivity index (χ4v) is 5.94. The number of hydrogen-bond acceptors (Lipinski definition) is 7. The van der Waals surface area contributed by atoms with Gasteiger partial charge in [-0.05, 0) is 43.4 Å². The maximum absolute atomic E-state index is 12.7. The lowest BCUT2D eigenvalue weighted by atomic mass is 10.0. The second kappa shape index (κ2) is 13.0. The van der Waals surface area contributed by atoms with Gasteiger partial charge in [-0.2, -0.15) is 30.6 Å². The van der Waals surface area contributed by atoms with Crippen LogP contribution in [0.3, 0.4) is 0 Å². The van der Waals surface area contributed by atoms with Gasteiger partial charge in [0.05, 0.1) is 24.0 Å². The Bertz CT molecular complexity index is 1010. The molecule has 17 heteroatoms. The van der Waals surface area contributed by atoms with Crippen molar-refractivity contribution in [2.45, 2.75) is 62.0 Å². The maximum atomic E-state index is 12.7. The number of sulfonamides is 1. The molecule has 0 amide bonds. The number of ether oxygens (including phenoxy) is 1. The van der Waals surface area contributed by atoms with Crippen LogP contribution in [0.5, 0.6) is 0 Å². The first-order valence-corrected chi connectivity index (χ1v) is 12.9. The molecular formula is C21H27F6N3O7S. The van der Waals surface area contributed by atoms with E-state index in [-0.39, 0.29) is 17.4 Å². The fraction of sp³-hybridized carbons (Fsp3) is 0.667. The molecule has 1 aliphatic carbocycles. The lowest BCUT2D eigenvalue weighted by Gasteiger charge is -2.39. The summed E-state index contributed by atoms with van der Waals surface area (Å²) in [4.78, 5) is 24.3. The minimum absolute atomic E-state index is 0.00629. The molecule has 4 rings (SSSR count). The lowest BCUT2D eigenvalue weighted by molar-refractivity contribution is -0.193. The predicted octanol–water partition coefficient (Wildman–Crippen LogP) is 2.51. The molecule has 1 aromatic rings. The highest BCUT2D eigenvalue weighted by Gasteiger charge is 2.47. The van der Waals surface area contributed by atoms with Crippen molar-refractivity contribution >= 4 is 22.0 Å². The van der Waals surface area contributed by atoms with Crippen molar-refractivity contribution in [2.75, 3.05) is 26.2 Å². The van der Waals surface area contributed by atoms with Gasteiger partial charge in [0.25, 0.3) is 0 Å². The summed E-state index contributed by atoms with van der Waals surface area (Å²) in [6.07, 6.45) is -3.10. The van der Waals surface area contributed by atoms with E-state index >= 15 is 0 Å². The standard InChI is InChI=1S/C17H25N3O3S.2C2HF3O2/c21-24(22,15-1-2-15)20-11-12-23-17-6-10-19(9-5-16(17)20)13-14-3-7-18-8-4-14;2*3-2(4,5)1(6)7/h3-4,7-8,15-17H,1-2,5-6,9-13H2;2*(H,6,7)/t16-,17-;;/m1../s1. The number of aliphatic carboxylic acids is 2. The van der Waals surface area contributed by atoms with Crippen LogP contribution >= 0.6 is 0 Å². The number of pyridine rings is 1. The first kappa shape index (κ1) is 31.7. The smallest absolute Gasteiger partial charge is 0.475 e. The monoisotopic (exact) mass is 579 g/mol. The zero-order valence-corrected chi connectivity index (χ0v) is 20.7. The predicted molar refractivity (Wildman–Crippen MR) is 118 cm³/mol. The normalized spacial score (nSPS) is 23.0. The van der Waals surface area contributed by atoms with Gasteiger partial charge in [0.15, 0.2) is 0 Å². The van der Waals surface area contributed by atoms with Gasteiger partial charge in [0, 0.05) is 38.6 Å². The summed E-state index contributed by atoms with van der Waals surface area (Å²) in [6.45, 7) is 3.78.